The second kappa shape index (κ2) is 16.9. The van der Waals surface area contributed by atoms with Crippen LogP contribution in [0.15, 0.2) is 157 Å². The summed E-state index contributed by atoms with van der Waals surface area (Å²) >= 11 is 0. The molecular formula is C64H56N4. The number of anilines is 4. The normalized spacial score (nSPS) is 15.0. The predicted molar refractivity (Wildman–Crippen MR) is 286 cm³/mol. The highest BCUT2D eigenvalue weighted by Crippen LogP contribution is 2.53. The quantitative estimate of drug-likeness (QED) is 0.0959. The highest BCUT2D eigenvalue weighted by Gasteiger charge is 2.36. The Morgan fingerprint density at radius 2 is 1.26 bits per heavy atom. The van der Waals surface area contributed by atoms with E-state index in [0.717, 1.165) is 42.0 Å². The van der Waals surface area contributed by atoms with Crippen molar-refractivity contribution in [2.24, 2.45) is 0 Å². The summed E-state index contributed by atoms with van der Waals surface area (Å²) in [5.74, 6) is 0.469. The maximum atomic E-state index is 10.1. The van der Waals surface area contributed by atoms with Crippen molar-refractivity contribution in [2.45, 2.75) is 91.5 Å². The Morgan fingerprint density at radius 3 is 1.90 bits per heavy atom. The van der Waals surface area contributed by atoms with Gasteiger partial charge in [0.15, 0.2) is 0 Å². The lowest BCUT2D eigenvalue weighted by Crippen LogP contribution is -2.37. The Hall–Kier alpha value is -7.66. The molecule has 0 spiro atoms. The van der Waals surface area contributed by atoms with E-state index < -0.39 is 0 Å². The fourth-order valence-corrected chi connectivity index (χ4v) is 12.0. The molecule has 0 saturated carbocycles. The molecule has 8 aromatic carbocycles. The van der Waals surface area contributed by atoms with Crippen molar-refractivity contribution >= 4 is 60.6 Å². The van der Waals surface area contributed by atoms with Crippen LogP contribution in [0.2, 0.25) is 0 Å². The predicted octanol–water partition coefficient (Wildman–Crippen LogP) is 16.9. The van der Waals surface area contributed by atoms with Crippen LogP contribution in [0.1, 0.15) is 109 Å². The summed E-state index contributed by atoms with van der Waals surface area (Å²) < 4.78 is 0. The summed E-state index contributed by atoms with van der Waals surface area (Å²) in [4.78, 5) is 5.08. The number of nitrogens with zero attached hydrogens (tertiary/aromatic N) is 4. The van der Waals surface area contributed by atoms with Gasteiger partial charge in [0.1, 0.15) is 0 Å². The Labute approximate surface area is 401 Å². The van der Waals surface area contributed by atoms with Gasteiger partial charge in [0.05, 0.1) is 35.1 Å². The van der Waals surface area contributed by atoms with E-state index in [0.29, 0.717) is 18.4 Å². The summed E-state index contributed by atoms with van der Waals surface area (Å²) in [6, 6.07) is 47.7. The zero-order chi connectivity index (χ0) is 47.0. The maximum absolute atomic E-state index is 10.1. The lowest BCUT2D eigenvalue weighted by molar-refractivity contribution is 0.686. The van der Waals surface area contributed by atoms with E-state index in [1.165, 1.54) is 105 Å². The zero-order valence-corrected chi connectivity index (χ0v) is 40.0. The van der Waals surface area contributed by atoms with Crippen molar-refractivity contribution in [1.29, 1.82) is 10.5 Å². The molecule has 332 valence electrons. The van der Waals surface area contributed by atoms with Crippen molar-refractivity contribution in [2.75, 3.05) is 9.80 Å². The summed E-state index contributed by atoms with van der Waals surface area (Å²) in [6.07, 6.45) is 12.4. The second-order valence-corrected chi connectivity index (χ2v) is 19.7. The Bertz CT molecular complexity index is 3560. The number of allylic oxidation sites excluding steroid dienone is 5. The van der Waals surface area contributed by atoms with Crippen LogP contribution in [-0.2, 0) is 12.8 Å². The van der Waals surface area contributed by atoms with Crippen molar-refractivity contribution in [1.82, 2.24) is 0 Å². The van der Waals surface area contributed by atoms with E-state index in [-0.39, 0.29) is 17.9 Å². The molecule has 0 aliphatic heterocycles. The van der Waals surface area contributed by atoms with Crippen LogP contribution in [-0.4, -0.2) is 6.04 Å². The van der Waals surface area contributed by atoms with Crippen LogP contribution in [0.3, 0.4) is 0 Å². The molecule has 4 nitrogen and oxygen atoms in total. The average Bonchev–Trinajstić information content (AvgIpc) is 3.94. The smallest absolute Gasteiger partial charge is 0.0991 e. The minimum absolute atomic E-state index is 0.0479. The summed E-state index contributed by atoms with van der Waals surface area (Å²) in [7, 11) is 0. The minimum atomic E-state index is 0.0479. The Morgan fingerprint density at radius 1 is 0.676 bits per heavy atom. The SMILES string of the molecule is C=C/C=C(\CCC#N)N(c1cc(C(C)C)c2ccc3c(N(c4ccc(C#N)cc4)c4cccc5c4Cc4c(C)cccc4-5)cc(C(C)C)c4ccc1c2c43)C1CC=CC2=C1Cc1c(C)cccc12. The van der Waals surface area contributed by atoms with Crippen LogP contribution >= 0.6 is 0 Å². The van der Waals surface area contributed by atoms with Gasteiger partial charge in [-0.3, -0.25) is 0 Å². The van der Waals surface area contributed by atoms with E-state index in [2.05, 4.69) is 191 Å². The highest BCUT2D eigenvalue weighted by molar-refractivity contribution is 6.29. The Balaban J connectivity index is 1.22. The molecule has 0 radical (unpaired) electrons. The average molecular weight is 881 g/mol. The highest BCUT2D eigenvalue weighted by atomic mass is 15.2. The van der Waals surface area contributed by atoms with Crippen LogP contribution < -0.4 is 9.80 Å². The molecule has 0 aromatic heterocycles. The maximum Gasteiger partial charge on any atom is 0.0991 e. The van der Waals surface area contributed by atoms with Gasteiger partial charge in [0, 0.05) is 47.1 Å². The molecule has 0 saturated heterocycles. The third-order valence-electron chi connectivity index (χ3n) is 15.2. The van der Waals surface area contributed by atoms with Gasteiger partial charge in [0.25, 0.3) is 0 Å². The van der Waals surface area contributed by atoms with E-state index in [4.69, 9.17) is 0 Å². The van der Waals surface area contributed by atoms with Gasteiger partial charge in [-0.2, -0.15) is 10.5 Å². The summed E-state index contributed by atoms with van der Waals surface area (Å²) in [5, 5.41) is 27.6. The number of benzene rings is 8. The Kier molecular flexibility index (Phi) is 10.7. The number of rotatable bonds is 11. The van der Waals surface area contributed by atoms with Crippen LogP contribution in [0.4, 0.5) is 22.7 Å². The molecule has 0 amide bonds. The van der Waals surface area contributed by atoms with Gasteiger partial charge in [-0.15, -0.1) is 0 Å². The van der Waals surface area contributed by atoms with Gasteiger partial charge in [-0.1, -0.05) is 125 Å². The summed E-state index contributed by atoms with van der Waals surface area (Å²) in [6.45, 7) is 18.0. The molecular weight excluding hydrogens is 825 g/mol. The molecule has 68 heavy (non-hydrogen) atoms. The standard InChI is InChI=1S/C64H56N4/c1-8-14-43(17-13-32-65)67(59-22-11-20-47-45-18-9-15-40(6)55(45)33-57(47)59)61-35-53(38(2)3)49-29-31-52-62(36-54(39(4)5)50-28-30-51(61)63(49)64(50)52)68(44-26-24-42(37-66)25-27-44)60-23-12-21-48-46-19-10-16-41(7)56(46)34-58(48)60/h8-12,14-16,18-21,23-31,35-36,38-39,59H,1,13,17,22,33-34H2,2-7H3/b43-14+. The number of hydrogen-bond acceptors (Lipinski definition) is 4. The molecule has 0 bridgehead atoms. The van der Waals surface area contributed by atoms with Gasteiger partial charge in [0.2, 0.25) is 0 Å². The first-order valence-electron chi connectivity index (χ1n) is 24.4. The first-order valence-corrected chi connectivity index (χ1v) is 24.4. The molecule has 3 aliphatic rings. The van der Waals surface area contributed by atoms with Crippen molar-refractivity contribution in [3.8, 4) is 23.3 Å². The number of nitriles is 2. The molecule has 0 heterocycles. The molecule has 0 N–H and O–H groups in total. The molecule has 3 aliphatic carbocycles. The minimum Gasteiger partial charge on any atom is -0.337 e. The number of fused-ring (bicyclic) bond motifs is 5. The van der Waals surface area contributed by atoms with Crippen molar-refractivity contribution < 1.29 is 0 Å². The van der Waals surface area contributed by atoms with Crippen LogP contribution in [0.25, 0.3) is 49.0 Å². The topological polar surface area (TPSA) is 54.1 Å². The molecule has 1 atom stereocenters. The van der Waals surface area contributed by atoms with E-state index in [9.17, 15) is 10.5 Å². The van der Waals surface area contributed by atoms with Crippen molar-refractivity contribution in [3.05, 3.63) is 207 Å². The third kappa shape index (κ3) is 6.69. The molecule has 4 heteroatoms. The van der Waals surface area contributed by atoms with E-state index in [1.807, 2.05) is 18.2 Å². The first kappa shape index (κ1) is 42.9. The largest absolute Gasteiger partial charge is 0.337 e. The number of aryl methyl sites for hydroxylation is 2. The van der Waals surface area contributed by atoms with Gasteiger partial charge < -0.3 is 9.80 Å². The lowest BCUT2D eigenvalue weighted by Gasteiger charge is -2.39. The van der Waals surface area contributed by atoms with Crippen LogP contribution in [0.5, 0.6) is 0 Å². The monoisotopic (exact) mass is 880 g/mol. The van der Waals surface area contributed by atoms with Gasteiger partial charge in [-0.05, 0) is 175 Å². The third-order valence-corrected chi connectivity index (χ3v) is 15.2. The lowest BCUT2D eigenvalue weighted by atomic mass is 9.83. The molecule has 11 rings (SSSR count). The fourth-order valence-electron chi connectivity index (χ4n) is 12.0. The van der Waals surface area contributed by atoms with Crippen molar-refractivity contribution in [3.63, 3.8) is 0 Å². The van der Waals surface area contributed by atoms with Crippen LogP contribution in [0, 0.1) is 36.5 Å². The van der Waals surface area contributed by atoms with Gasteiger partial charge in [-0.25, -0.2) is 0 Å². The molecule has 0 fully saturated rings. The van der Waals surface area contributed by atoms with E-state index in [1.54, 1.807) is 0 Å². The fraction of sp³-hybridized carbons (Fsp3) is 0.219. The molecule has 8 aromatic rings. The van der Waals surface area contributed by atoms with Gasteiger partial charge >= 0.3 is 0 Å². The second-order valence-electron chi connectivity index (χ2n) is 19.7. The number of hydrogen-bond donors (Lipinski definition) is 0. The zero-order valence-electron chi connectivity index (χ0n) is 40.0. The van der Waals surface area contributed by atoms with E-state index >= 15 is 0 Å². The summed E-state index contributed by atoms with van der Waals surface area (Å²) in [5.41, 5.74) is 22.3. The molecule has 1 unspecified atom stereocenters. The first-order chi connectivity index (χ1) is 33.1.